The first-order valence-electron chi connectivity index (χ1n) is 27.0. The summed E-state index contributed by atoms with van der Waals surface area (Å²) in [5, 5.41) is 16.6. The van der Waals surface area contributed by atoms with E-state index in [4.69, 9.17) is 43.0 Å². The number of aromatic nitrogens is 11. The van der Waals surface area contributed by atoms with Crippen LogP contribution in [0, 0.1) is 15.4 Å². The number of nitrogens with zero attached hydrogens (tertiary/aromatic N) is 12. The van der Waals surface area contributed by atoms with E-state index in [0.717, 1.165) is 70.4 Å². The van der Waals surface area contributed by atoms with Crippen LogP contribution in [0.3, 0.4) is 0 Å². The highest BCUT2D eigenvalue weighted by Gasteiger charge is 2.52. The summed E-state index contributed by atoms with van der Waals surface area (Å²) in [5.74, 6) is 1.92. The minimum atomic E-state index is -0.302. The maximum Gasteiger partial charge on any atom is 0.498 e. The summed E-state index contributed by atoms with van der Waals surface area (Å²) in [6.45, 7) is 12.5. The van der Waals surface area contributed by atoms with E-state index in [-0.39, 0.29) is 60.0 Å². The summed E-state index contributed by atoms with van der Waals surface area (Å²) in [4.78, 5) is 68.1. The summed E-state index contributed by atoms with van der Waals surface area (Å²) >= 11 is 2.07. The van der Waals surface area contributed by atoms with Gasteiger partial charge in [0.2, 0.25) is 5.91 Å². The largest absolute Gasteiger partial charge is 0.498 e. The lowest BCUT2D eigenvalue weighted by molar-refractivity contribution is -0.122. The van der Waals surface area contributed by atoms with Crippen LogP contribution in [0.2, 0.25) is 0 Å². The quantitative estimate of drug-likeness (QED) is 0.0375. The molecule has 1 amide bonds. The highest BCUT2D eigenvalue weighted by atomic mass is 127. The van der Waals surface area contributed by atoms with E-state index in [2.05, 4.69) is 73.3 Å². The second kappa shape index (κ2) is 26.6. The van der Waals surface area contributed by atoms with Gasteiger partial charge in [0.25, 0.3) is 0 Å². The molecule has 2 unspecified atom stereocenters. The smallest absolute Gasteiger partial charge is 0.399 e. The Labute approximate surface area is 509 Å². The van der Waals surface area contributed by atoms with Crippen LogP contribution in [0.15, 0.2) is 120 Å². The lowest BCUT2D eigenvalue weighted by atomic mass is 9.82. The zero-order chi connectivity index (χ0) is 62.2. The standard InChI is InChI=1S/C21H20N8O.C12H15N3O.C10H17BN2O2.C10H10N4O.C6H5IN2O/c1-11-5-18(30)27-28-19(11)12-3-4-16-17(7-12)26-21(25-16)15-6-13(8-23-20(15)22)14-9-24-29(2)10-14;1-7-4-9(16)6-15-12(7)8-2-3-10(13)11(14)5-8;1-9(2)10(3,4)15-11(14-9)8-6-12-13(5)7-8;1-14-5-9(4-13-14)7-2-8(6-15)10(11)12-3-7;7-5-1-4(3-10)6(8)9-2-5/h3-4,6-11H,5H2,1-2H3,(H2,22,23)(H,25,26)(H,27,30);2-3,5,7H,4,6,13-14H2,1H3;6-7H,1-5H3;2-6H,1H3,(H2,11,12);1-3H,(H2,8,9). The number of aliphatic imine (C=N–C) groups is 1. The van der Waals surface area contributed by atoms with Gasteiger partial charge in [-0.15, -0.1) is 0 Å². The molecule has 1 saturated heterocycles. The Hall–Kier alpha value is -9.48. The van der Waals surface area contributed by atoms with Gasteiger partial charge < -0.3 is 43.0 Å². The van der Waals surface area contributed by atoms with Gasteiger partial charge in [-0.1, -0.05) is 26.0 Å². The van der Waals surface area contributed by atoms with Crippen molar-refractivity contribution >= 4 is 111 Å². The number of aromatic amines is 1. The number of pyridine rings is 3. The number of nitrogens with two attached hydrogens (primary N) is 5. The molecule has 7 aromatic heterocycles. The maximum absolute atomic E-state index is 11.5. The zero-order valence-electron chi connectivity index (χ0n) is 49.0. The number of carbonyl (C=O) groups excluding carboxylic acids is 4. The fourth-order valence-electron chi connectivity index (χ4n) is 9.05. The van der Waals surface area contributed by atoms with E-state index >= 15 is 0 Å². The zero-order valence-corrected chi connectivity index (χ0v) is 51.1. The number of amides is 1. The molecule has 2 aromatic carbocycles. The molecule has 25 nitrogen and oxygen atoms in total. The molecule has 12 N–H and O–H groups in total. The molecule has 0 aliphatic carbocycles. The highest BCUT2D eigenvalue weighted by Crippen LogP contribution is 2.37. The van der Waals surface area contributed by atoms with Crippen LogP contribution in [0.1, 0.15) is 86.2 Å². The van der Waals surface area contributed by atoms with Crippen molar-refractivity contribution in [3.8, 4) is 33.6 Å². The number of H-pyrrole nitrogens is 1. The van der Waals surface area contributed by atoms with E-state index < -0.39 is 0 Å². The average Bonchev–Trinajstić information content (AvgIpc) is 1.90. The molecule has 0 bridgehead atoms. The maximum atomic E-state index is 11.5. The minimum absolute atomic E-state index is 0.0506. The predicted molar refractivity (Wildman–Crippen MR) is 342 cm³/mol. The van der Waals surface area contributed by atoms with Gasteiger partial charge in [0, 0.05) is 132 Å². The van der Waals surface area contributed by atoms with Gasteiger partial charge in [-0.05, 0) is 98.3 Å². The number of anilines is 5. The first-order chi connectivity index (χ1) is 40.8. The van der Waals surface area contributed by atoms with Gasteiger partial charge in [-0.2, -0.15) is 20.4 Å². The number of nitrogen functional groups attached to an aromatic ring is 5. The molecule has 3 aliphatic rings. The van der Waals surface area contributed by atoms with Crippen LogP contribution in [0.4, 0.5) is 28.8 Å². The Morgan fingerprint density at radius 3 is 1.74 bits per heavy atom. The Balaban J connectivity index is 0.000000148. The van der Waals surface area contributed by atoms with Crippen LogP contribution < -0.4 is 39.6 Å². The molecule has 27 heteroatoms. The molecule has 9 aromatic rings. The van der Waals surface area contributed by atoms with Gasteiger partial charge in [-0.25, -0.2) is 25.4 Å². The molecule has 0 radical (unpaired) electrons. The lowest BCUT2D eigenvalue weighted by Gasteiger charge is -2.32. The first kappa shape index (κ1) is 62.6. The predicted octanol–water partition coefficient (Wildman–Crippen LogP) is 6.39. The van der Waals surface area contributed by atoms with Crippen molar-refractivity contribution in [1.82, 2.24) is 59.7 Å². The third-order valence-corrected chi connectivity index (χ3v) is 15.1. The molecule has 10 heterocycles. The second-order valence-electron chi connectivity index (χ2n) is 21.7. The van der Waals surface area contributed by atoms with E-state index in [0.29, 0.717) is 59.6 Å². The number of Topliss-reactive ketones (excluding diaryl/α,β-unsaturated/α-hetero) is 1. The number of aldehydes is 2. The number of rotatable bonds is 8. The number of fused-ring (bicyclic) bond motifs is 1. The Morgan fingerprint density at radius 1 is 0.628 bits per heavy atom. The number of carbonyl (C=O) groups is 4. The molecule has 1 fully saturated rings. The van der Waals surface area contributed by atoms with Crippen LogP contribution in [0.5, 0.6) is 0 Å². The van der Waals surface area contributed by atoms with Crippen molar-refractivity contribution in [2.45, 2.75) is 65.6 Å². The second-order valence-corrected chi connectivity index (χ2v) is 22.9. The topological polar surface area (TPSA) is 374 Å². The molecule has 0 saturated carbocycles. The van der Waals surface area contributed by atoms with Gasteiger partial charge in [0.15, 0.2) is 18.4 Å². The number of ketones is 1. The monoisotopic (exact) mass is 1280 g/mol. The number of hydrogen-bond acceptors (Lipinski definition) is 20. The third kappa shape index (κ3) is 15.1. The molecular weight excluding hydrogens is 1210 g/mol. The number of imidazole rings is 1. The van der Waals surface area contributed by atoms with Crippen LogP contribution >= 0.6 is 22.6 Å². The molecule has 2 atom stereocenters. The van der Waals surface area contributed by atoms with Crippen LogP contribution in [-0.4, -0.2) is 115 Å². The van der Waals surface area contributed by atoms with E-state index in [9.17, 15) is 19.2 Å². The Bertz CT molecular complexity index is 4020. The van der Waals surface area contributed by atoms with Crippen molar-refractivity contribution in [2.24, 2.45) is 43.1 Å². The average molecular weight is 1280 g/mol. The molecular formula is C59H67BIN19O6. The van der Waals surface area contributed by atoms with Crippen molar-refractivity contribution in [1.29, 1.82) is 0 Å². The third-order valence-electron chi connectivity index (χ3n) is 14.5. The summed E-state index contributed by atoms with van der Waals surface area (Å²) in [5.41, 5.74) is 43.1. The highest BCUT2D eigenvalue weighted by molar-refractivity contribution is 14.1. The number of hydrazone groups is 1. The summed E-state index contributed by atoms with van der Waals surface area (Å²) in [6.07, 6.45) is 18.3. The van der Waals surface area contributed by atoms with E-state index in [1.165, 1.54) is 0 Å². The Morgan fingerprint density at radius 2 is 1.19 bits per heavy atom. The Kier molecular flexibility index (Phi) is 19.4. The molecule has 444 valence electrons. The van der Waals surface area contributed by atoms with Gasteiger partial charge >= 0.3 is 7.12 Å². The van der Waals surface area contributed by atoms with Crippen molar-refractivity contribution < 1.29 is 28.5 Å². The van der Waals surface area contributed by atoms with E-state index in [1.54, 1.807) is 69.4 Å². The van der Waals surface area contributed by atoms with Crippen LogP contribution in [0.25, 0.3) is 44.7 Å². The van der Waals surface area contributed by atoms with Crippen molar-refractivity contribution in [3.63, 3.8) is 0 Å². The molecule has 86 heavy (non-hydrogen) atoms. The normalized spacial score (nSPS) is 16.6. The number of aryl methyl sites for hydroxylation is 3. The van der Waals surface area contributed by atoms with Gasteiger partial charge in [0.05, 0.1) is 75.0 Å². The fraction of sp³-hybridized carbons (Fsp3) is 0.271. The first-order valence-corrected chi connectivity index (χ1v) is 28.1. The van der Waals surface area contributed by atoms with E-state index in [1.807, 2.05) is 118 Å². The number of halogens is 1. The summed E-state index contributed by atoms with van der Waals surface area (Å²) in [6, 6.07) is 16.7. The summed E-state index contributed by atoms with van der Waals surface area (Å²) < 4.78 is 17.9. The minimum Gasteiger partial charge on any atom is -0.399 e. The fourth-order valence-corrected chi connectivity index (χ4v) is 9.52. The van der Waals surface area contributed by atoms with Crippen molar-refractivity contribution in [3.05, 3.63) is 136 Å². The van der Waals surface area contributed by atoms with Crippen LogP contribution in [-0.2, 0) is 40.0 Å². The van der Waals surface area contributed by atoms with Crippen molar-refractivity contribution in [2.75, 3.05) is 35.2 Å². The van der Waals surface area contributed by atoms with Gasteiger partial charge in [0.1, 0.15) is 23.3 Å². The summed E-state index contributed by atoms with van der Waals surface area (Å²) in [7, 11) is 5.28. The SMILES string of the molecule is CC1CC(=O)CN=C1c1ccc(N)c(N)c1.CC1CC(=O)NN=C1c1ccc2nc(-c3cc(-c4cnn(C)c4)cnc3N)[nH]c2c1.Cn1cc(-c2cnc(N)c(C=O)c2)cn1.Cn1cc(B2OC(C)(C)C(C)(C)O2)cn1.Nc1ncc(I)cc1C=O. The lowest BCUT2D eigenvalue weighted by Crippen LogP contribution is -2.41. The number of benzene rings is 2. The molecule has 3 aliphatic heterocycles. The molecule has 0 spiro atoms. The molecule has 12 rings (SSSR count). The number of nitrogens with one attached hydrogen (secondary N) is 2. The number of hydrogen-bond donors (Lipinski definition) is 7. The van der Waals surface area contributed by atoms with Gasteiger partial charge in [-0.3, -0.25) is 38.2 Å².